The van der Waals surface area contributed by atoms with Crippen LogP contribution in [-0.4, -0.2) is 6.61 Å². The van der Waals surface area contributed by atoms with E-state index < -0.39 is 0 Å². The number of terminal acetylenes is 1. The molecule has 18 heavy (non-hydrogen) atoms. The smallest absolute Gasteiger partial charge is 0.107 e. The van der Waals surface area contributed by atoms with Crippen LogP contribution < -0.4 is 0 Å². The molecule has 0 fully saturated rings. The summed E-state index contributed by atoms with van der Waals surface area (Å²) in [5, 5.41) is 0. The van der Waals surface area contributed by atoms with Crippen LogP contribution in [0.4, 0.5) is 0 Å². The van der Waals surface area contributed by atoms with E-state index in [4.69, 9.17) is 11.2 Å². The Balaban J connectivity index is 2.60. The number of benzene rings is 1. The maximum atomic E-state index is 5.32. The van der Waals surface area contributed by atoms with Crippen LogP contribution in [0.25, 0.3) is 0 Å². The Hall–Kier alpha value is -1.26. The van der Waals surface area contributed by atoms with Gasteiger partial charge in [-0.25, -0.2) is 0 Å². The van der Waals surface area contributed by atoms with E-state index in [2.05, 4.69) is 51.0 Å². The highest BCUT2D eigenvalue weighted by Gasteiger charge is 2.11. The Morgan fingerprint density at radius 2 is 1.89 bits per heavy atom. The minimum absolute atomic E-state index is 0.382. The van der Waals surface area contributed by atoms with Crippen molar-refractivity contribution < 1.29 is 4.74 Å². The van der Waals surface area contributed by atoms with Gasteiger partial charge in [-0.1, -0.05) is 51.0 Å². The van der Waals surface area contributed by atoms with Gasteiger partial charge in [-0.2, -0.15) is 0 Å². The van der Waals surface area contributed by atoms with Gasteiger partial charge in [-0.3, -0.25) is 0 Å². The van der Waals surface area contributed by atoms with E-state index in [1.807, 2.05) is 0 Å². The van der Waals surface area contributed by atoms with Crippen molar-refractivity contribution in [3.05, 3.63) is 35.4 Å². The molecule has 0 aliphatic carbocycles. The normalized spacial score (nSPS) is 12.4. The minimum Gasteiger partial charge on any atom is -0.364 e. The maximum Gasteiger partial charge on any atom is 0.107 e. The first-order valence-corrected chi connectivity index (χ1v) is 6.77. The monoisotopic (exact) mass is 244 g/mol. The summed E-state index contributed by atoms with van der Waals surface area (Å²) in [5.74, 6) is 3.89. The van der Waals surface area contributed by atoms with Crippen LogP contribution in [0.1, 0.15) is 50.7 Å². The van der Waals surface area contributed by atoms with Crippen LogP contribution in [-0.2, 0) is 11.3 Å². The summed E-state index contributed by atoms with van der Waals surface area (Å²) < 4.78 is 5.32. The molecule has 1 rings (SSSR count). The third kappa shape index (κ3) is 4.94. The van der Waals surface area contributed by atoms with Crippen molar-refractivity contribution in [1.29, 1.82) is 0 Å². The summed E-state index contributed by atoms with van der Waals surface area (Å²) in [4.78, 5) is 0. The standard InChI is InChI=1S/C17H24O/c1-5-11-18-13-15-7-9-17(10-8-15)16(6-2)12-14(3)4/h1,7-10,14,16H,6,11-13H2,2-4H3. The van der Waals surface area contributed by atoms with Crippen molar-refractivity contribution >= 4 is 0 Å². The lowest BCUT2D eigenvalue weighted by atomic mass is 9.88. The van der Waals surface area contributed by atoms with E-state index in [0.717, 1.165) is 5.92 Å². The molecule has 1 aromatic rings. The Kier molecular flexibility index (Phi) is 6.54. The highest BCUT2D eigenvalue weighted by atomic mass is 16.5. The van der Waals surface area contributed by atoms with Gasteiger partial charge in [0.2, 0.25) is 0 Å². The zero-order chi connectivity index (χ0) is 13.4. The molecular formula is C17H24O. The summed E-state index contributed by atoms with van der Waals surface area (Å²) in [6.07, 6.45) is 7.60. The molecule has 1 nitrogen and oxygen atoms in total. The Labute approximate surface area is 112 Å². The highest BCUT2D eigenvalue weighted by molar-refractivity contribution is 5.25. The molecule has 0 saturated carbocycles. The number of hydrogen-bond acceptors (Lipinski definition) is 1. The summed E-state index contributed by atoms with van der Waals surface area (Å²) in [7, 11) is 0. The minimum atomic E-state index is 0.382. The van der Waals surface area contributed by atoms with Gasteiger partial charge in [-0.05, 0) is 35.8 Å². The lowest BCUT2D eigenvalue weighted by Crippen LogP contribution is -2.02. The average molecular weight is 244 g/mol. The average Bonchev–Trinajstić information content (AvgIpc) is 2.37. The molecule has 0 heterocycles. The van der Waals surface area contributed by atoms with Crippen LogP contribution in [0, 0.1) is 18.3 Å². The van der Waals surface area contributed by atoms with Crippen molar-refractivity contribution in [2.24, 2.45) is 5.92 Å². The van der Waals surface area contributed by atoms with Gasteiger partial charge in [0, 0.05) is 0 Å². The van der Waals surface area contributed by atoms with Crippen LogP contribution in [0.2, 0.25) is 0 Å². The van der Waals surface area contributed by atoms with Crippen molar-refractivity contribution in [1.82, 2.24) is 0 Å². The van der Waals surface area contributed by atoms with Gasteiger partial charge < -0.3 is 4.74 Å². The first-order chi connectivity index (χ1) is 8.67. The van der Waals surface area contributed by atoms with Crippen LogP contribution in [0.5, 0.6) is 0 Å². The second kappa shape index (κ2) is 7.95. The summed E-state index contributed by atoms with van der Waals surface area (Å²) in [6, 6.07) is 8.75. The van der Waals surface area contributed by atoms with Crippen molar-refractivity contribution in [2.45, 2.75) is 46.1 Å². The van der Waals surface area contributed by atoms with E-state index in [1.165, 1.54) is 24.0 Å². The fourth-order valence-corrected chi connectivity index (χ4v) is 2.22. The lowest BCUT2D eigenvalue weighted by molar-refractivity contribution is 0.153. The lowest BCUT2D eigenvalue weighted by Gasteiger charge is -2.18. The maximum absolute atomic E-state index is 5.32. The number of ether oxygens (including phenoxy) is 1. The molecule has 0 N–H and O–H groups in total. The topological polar surface area (TPSA) is 9.23 Å². The van der Waals surface area contributed by atoms with E-state index in [0.29, 0.717) is 19.1 Å². The second-order valence-corrected chi connectivity index (χ2v) is 5.17. The quantitative estimate of drug-likeness (QED) is 0.511. The van der Waals surface area contributed by atoms with Crippen molar-refractivity contribution in [3.63, 3.8) is 0 Å². The molecular weight excluding hydrogens is 220 g/mol. The molecule has 1 unspecified atom stereocenters. The Morgan fingerprint density at radius 3 is 2.39 bits per heavy atom. The van der Waals surface area contributed by atoms with E-state index >= 15 is 0 Å². The first kappa shape index (κ1) is 14.8. The molecule has 0 amide bonds. The van der Waals surface area contributed by atoms with Gasteiger partial charge in [0.15, 0.2) is 0 Å². The largest absolute Gasteiger partial charge is 0.364 e. The fraction of sp³-hybridized carbons (Fsp3) is 0.529. The summed E-state index contributed by atoms with van der Waals surface area (Å²) in [6.45, 7) is 7.81. The molecule has 0 aromatic heterocycles. The predicted molar refractivity (Wildman–Crippen MR) is 77.4 cm³/mol. The zero-order valence-electron chi connectivity index (χ0n) is 11.8. The fourth-order valence-electron chi connectivity index (χ4n) is 2.22. The Bertz CT molecular complexity index is 370. The third-order valence-electron chi connectivity index (χ3n) is 3.15. The van der Waals surface area contributed by atoms with E-state index in [1.54, 1.807) is 0 Å². The van der Waals surface area contributed by atoms with Crippen molar-refractivity contribution in [2.75, 3.05) is 6.61 Å². The Morgan fingerprint density at radius 1 is 1.22 bits per heavy atom. The second-order valence-electron chi connectivity index (χ2n) is 5.17. The van der Waals surface area contributed by atoms with Gasteiger partial charge in [0.25, 0.3) is 0 Å². The molecule has 0 aliphatic rings. The molecule has 1 heteroatoms. The molecule has 0 aliphatic heterocycles. The van der Waals surface area contributed by atoms with Crippen LogP contribution in [0.3, 0.4) is 0 Å². The van der Waals surface area contributed by atoms with Crippen LogP contribution >= 0.6 is 0 Å². The molecule has 1 aromatic carbocycles. The molecule has 0 bridgehead atoms. The van der Waals surface area contributed by atoms with E-state index in [9.17, 15) is 0 Å². The SMILES string of the molecule is C#CCOCc1ccc(C(CC)CC(C)C)cc1. The molecule has 0 radical (unpaired) electrons. The molecule has 98 valence electrons. The van der Waals surface area contributed by atoms with E-state index in [-0.39, 0.29) is 0 Å². The predicted octanol–water partition coefficient (Wildman–Crippen LogP) is 4.38. The number of hydrogen-bond donors (Lipinski definition) is 0. The molecule has 0 saturated heterocycles. The molecule has 0 spiro atoms. The highest BCUT2D eigenvalue weighted by Crippen LogP contribution is 2.27. The summed E-state index contributed by atoms with van der Waals surface area (Å²) in [5.41, 5.74) is 2.63. The van der Waals surface area contributed by atoms with Gasteiger partial charge in [-0.15, -0.1) is 6.42 Å². The number of rotatable bonds is 7. The van der Waals surface area contributed by atoms with Gasteiger partial charge in [0.1, 0.15) is 6.61 Å². The third-order valence-corrected chi connectivity index (χ3v) is 3.15. The van der Waals surface area contributed by atoms with Crippen molar-refractivity contribution in [3.8, 4) is 12.3 Å². The first-order valence-electron chi connectivity index (χ1n) is 6.77. The van der Waals surface area contributed by atoms with Gasteiger partial charge >= 0.3 is 0 Å². The van der Waals surface area contributed by atoms with Crippen LogP contribution in [0.15, 0.2) is 24.3 Å². The summed E-state index contributed by atoms with van der Waals surface area (Å²) >= 11 is 0. The zero-order valence-corrected chi connectivity index (χ0v) is 11.8. The molecule has 1 atom stereocenters. The van der Waals surface area contributed by atoms with Gasteiger partial charge in [0.05, 0.1) is 6.61 Å².